The number of phosphoric acid groups is 1. The fraction of sp³-hybridized carbons (Fsp3) is 0.870. The second kappa shape index (κ2) is 39.0. The second-order valence-electron chi connectivity index (χ2n) is 16.8. The zero-order valence-electron chi connectivity index (χ0n) is 37.1. The Bertz CT molecular complexity index is 1010. The van der Waals surface area contributed by atoms with Crippen molar-refractivity contribution in [3.63, 3.8) is 0 Å². The highest BCUT2D eigenvalue weighted by Gasteiger charge is 2.21. The van der Waals surface area contributed by atoms with Crippen LogP contribution in [0.3, 0.4) is 0 Å². The van der Waals surface area contributed by atoms with Gasteiger partial charge in [-0.15, -0.1) is 0 Å². The van der Waals surface area contributed by atoms with Gasteiger partial charge in [0.05, 0.1) is 27.7 Å². The molecular formula is C46H88NO8P. The molecular weight excluding hydrogens is 725 g/mol. The molecule has 0 aliphatic heterocycles. The molecule has 0 saturated heterocycles. The van der Waals surface area contributed by atoms with E-state index >= 15 is 0 Å². The average Bonchev–Trinajstić information content (AvgIpc) is 3.15. The predicted octanol–water partition coefficient (Wildman–Crippen LogP) is 12.5. The zero-order chi connectivity index (χ0) is 41.4. The Morgan fingerprint density at radius 1 is 0.536 bits per heavy atom. The van der Waals surface area contributed by atoms with Gasteiger partial charge in [0.15, 0.2) is 6.10 Å². The maximum absolute atomic E-state index is 12.7. The van der Waals surface area contributed by atoms with Gasteiger partial charge in [0, 0.05) is 12.8 Å². The first-order valence-electron chi connectivity index (χ1n) is 23.0. The summed E-state index contributed by atoms with van der Waals surface area (Å²) in [4.78, 5) is 37.5. The summed E-state index contributed by atoms with van der Waals surface area (Å²) in [7, 11) is 1.16. The molecule has 0 aromatic carbocycles. The number of rotatable bonds is 42. The van der Waals surface area contributed by atoms with E-state index in [9.17, 15) is 19.0 Å². The molecule has 0 rings (SSSR count). The fourth-order valence-corrected chi connectivity index (χ4v) is 7.02. The minimum Gasteiger partial charge on any atom is -0.756 e. The van der Waals surface area contributed by atoms with Crippen LogP contribution < -0.4 is 4.89 Å². The number of ether oxygens (including phenoxy) is 2. The third-order valence-corrected chi connectivity index (χ3v) is 10.9. The monoisotopic (exact) mass is 814 g/mol. The zero-order valence-corrected chi connectivity index (χ0v) is 38.0. The Kier molecular flexibility index (Phi) is 37.9. The Hall–Kier alpha value is -1.51. The van der Waals surface area contributed by atoms with Crippen LogP contribution >= 0.6 is 7.82 Å². The molecule has 1 unspecified atom stereocenters. The third-order valence-electron chi connectivity index (χ3n) is 9.94. The number of likely N-dealkylation sites (N-methyl/N-ethyl adjacent to an activating group) is 1. The van der Waals surface area contributed by atoms with Crippen LogP contribution in [0.15, 0.2) is 24.3 Å². The minimum atomic E-state index is -4.63. The van der Waals surface area contributed by atoms with Gasteiger partial charge in [-0.05, 0) is 64.2 Å². The highest BCUT2D eigenvalue weighted by molar-refractivity contribution is 7.45. The van der Waals surface area contributed by atoms with Gasteiger partial charge in [0.1, 0.15) is 19.8 Å². The van der Waals surface area contributed by atoms with E-state index in [2.05, 4.69) is 38.2 Å². The van der Waals surface area contributed by atoms with Crippen LogP contribution in [0.5, 0.6) is 0 Å². The van der Waals surface area contributed by atoms with Crippen LogP contribution in [0, 0.1) is 0 Å². The van der Waals surface area contributed by atoms with Crippen LogP contribution in [-0.2, 0) is 32.7 Å². The fourth-order valence-electron chi connectivity index (χ4n) is 6.29. The van der Waals surface area contributed by atoms with E-state index in [1.165, 1.54) is 128 Å². The van der Waals surface area contributed by atoms with Gasteiger partial charge in [-0.1, -0.05) is 154 Å². The first-order chi connectivity index (χ1) is 27.0. The molecule has 0 aliphatic carbocycles. The molecule has 330 valence electrons. The van der Waals surface area contributed by atoms with Crippen molar-refractivity contribution in [2.24, 2.45) is 0 Å². The largest absolute Gasteiger partial charge is 0.756 e. The summed E-state index contributed by atoms with van der Waals surface area (Å²) in [5.41, 5.74) is 0. The van der Waals surface area contributed by atoms with Gasteiger partial charge in [0.2, 0.25) is 0 Å². The van der Waals surface area contributed by atoms with E-state index in [1.807, 2.05) is 21.1 Å². The molecule has 9 nitrogen and oxygen atoms in total. The lowest BCUT2D eigenvalue weighted by Crippen LogP contribution is -2.37. The number of hydrogen-bond donors (Lipinski definition) is 0. The quantitative estimate of drug-likeness (QED) is 0.0197. The molecule has 0 radical (unpaired) electrons. The molecule has 0 bridgehead atoms. The number of unbranched alkanes of at least 4 members (excludes halogenated alkanes) is 24. The molecule has 0 aliphatic rings. The van der Waals surface area contributed by atoms with E-state index in [0.29, 0.717) is 17.4 Å². The number of hydrogen-bond acceptors (Lipinski definition) is 8. The summed E-state index contributed by atoms with van der Waals surface area (Å²) in [6, 6.07) is 0. The number of phosphoric ester groups is 1. The van der Waals surface area contributed by atoms with E-state index in [-0.39, 0.29) is 32.0 Å². The standard InChI is InChI=1S/C46H88NO8P/c1-6-8-10-12-14-16-18-20-21-22-23-24-25-27-28-30-32-34-36-38-45(48)52-42-44(43-54-56(50,51)53-41-40-47(3,4)5)55-46(49)39-37-35-33-31-29-26-19-17-15-13-11-9-7-2/h20-21,26,29,44H,6-19,22-25,27-28,30-43H2,1-5H3/b21-20+,29-26+/t44-/m0/s1. The van der Waals surface area contributed by atoms with Crippen molar-refractivity contribution in [1.29, 1.82) is 0 Å². The van der Waals surface area contributed by atoms with Gasteiger partial charge in [0.25, 0.3) is 7.82 Å². The van der Waals surface area contributed by atoms with E-state index in [0.717, 1.165) is 44.9 Å². The summed E-state index contributed by atoms with van der Waals surface area (Å²) in [5.74, 6) is -0.850. The van der Waals surface area contributed by atoms with Gasteiger partial charge in [-0.25, -0.2) is 0 Å². The third kappa shape index (κ3) is 42.1. The maximum Gasteiger partial charge on any atom is 0.306 e. The highest BCUT2D eigenvalue weighted by Crippen LogP contribution is 2.38. The molecule has 0 N–H and O–H groups in total. The van der Waals surface area contributed by atoms with Crippen molar-refractivity contribution in [2.45, 2.75) is 213 Å². The van der Waals surface area contributed by atoms with Crippen LogP contribution in [0.2, 0.25) is 0 Å². The molecule has 0 aromatic rings. The van der Waals surface area contributed by atoms with Crippen LogP contribution in [0.1, 0.15) is 206 Å². The molecule has 0 saturated carbocycles. The highest BCUT2D eigenvalue weighted by atomic mass is 31.2. The van der Waals surface area contributed by atoms with Crippen LogP contribution in [0.4, 0.5) is 0 Å². The molecule has 10 heteroatoms. The van der Waals surface area contributed by atoms with Crippen molar-refractivity contribution >= 4 is 19.8 Å². The van der Waals surface area contributed by atoms with E-state index < -0.39 is 26.5 Å². The van der Waals surface area contributed by atoms with E-state index in [4.69, 9.17) is 18.5 Å². The Balaban J connectivity index is 4.30. The van der Waals surface area contributed by atoms with Crippen molar-refractivity contribution in [3.05, 3.63) is 24.3 Å². The Morgan fingerprint density at radius 2 is 0.911 bits per heavy atom. The summed E-state index contributed by atoms with van der Waals surface area (Å²) < 4.78 is 33.9. The number of quaternary nitrogens is 1. The number of carbonyl (C=O) groups is 2. The first-order valence-corrected chi connectivity index (χ1v) is 24.5. The number of allylic oxidation sites excluding steroid dienone is 4. The first kappa shape index (κ1) is 54.5. The summed E-state index contributed by atoms with van der Waals surface area (Å²) in [6.45, 7) is 4.21. The molecule has 0 fully saturated rings. The average molecular weight is 814 g/mol. The summed E-state index contributed by atoms with van der Waals surface area (Å²) in [6.07, 6.45) is 42.0. The lowest BCUT2D eigenvalue weighted by molar-refractivity contribution is -0.870. The summed E-state index contributed by atoms with van der Waals surface area (Å²) >= 11 is 0. The number of nitrogens with zero attached hydrogens (tertiary/aromatic N) is 1. The van der Waals surface area contributed by atoms with Crippen molar-refractivity contribution < 1.29 is 42.1 Å². The molecule has 0 aromatic heterocycles. The maximum atomic E-state index is 12.7. The number of esters is 2. The molecule has 2 atom stereocenters. The summed E-state index contributed by atoms with van der Waals surface area (Å²) in [5, 5.41) is 0. The van der Waals surface area contributed by atoms with Gasteiger partial charge >= 0.3 is 11.9 Å². The van der Waals surface area contributed by atoms with Crippen molar-refractivity contribution in [3.8, 4) is 0 Å². The topological polar surface area (TPSA) is 111 Å². The predicted molar refractivity (Wildman–Crippen MR) is 231 cm³/mol. The lowest BCUT2D eigenvalue weighted by Gasteiger charge is -2.28. The van der Waals surface area contributed by atoms with Crippen molar-refractivity contribution in [1.82, 2.24) is 0 Å². The smallest absolute Gasteiger partial charge is 0.306 e. The van der Waals surface area contributed by atoms with Gasteiger partial charge in [-0.2, -0.15) is 0 Å². The van der Waals surface area contributed by atoms with Gasteiger partial charge < -0.3 is 27.9 Å². The SMILES string of the molecule is CCCCCCCC/C=C/CCCCCCCCCCCC(=O)OC[C@@H](COP(=O)([O-])OCC[N+](C)(C)C)OC(=O)CCCCC/C=C/CCCCCCCC. The normalized spacial score (nSPS) is 13.8. The molecule has 0 spiro atoms. The van der Waals surface area contributed by atoms with E-state index in [1.54, 1.807) is 0 Å². The Morgan fingerprint density at radius 3 is 1.34 bits per heavy atom. The molecule has 0 amide bonds. The molecule has 56 heavy (non-hydrogen) atoms. The Labute approximate surface area is 345 Å². The van der Waals surface area contributed by atoms with Crippen LogP contribution in [-0.4, -0.2) is 70.0 Å². The lowest BCUT2D eigenvalue weighted by atomic mass is 10.1. The second-order valence-corrected chi connectivity index (χ2v) is 18.2. The minimum absolute atomic E-state index is 0.0325. The van der Waals surface area contributed by atoms with Crippen molar-refractivity contribution in [2.75, 3.05) is 47.5 Å². The van der Waals surface area contributed by atoms with Crippen LogP contribution in [0.25, 0.3) is 0 Å². The van der Waals surface area contributed by atoms with Gasteiger partial charge in [-0.3, -0.25) is 14.2 Å². The number of carbonyl (C=O) groups excluding carboxylic acids is 2. The molecule has 0 heterocycles.